The molecule has 0 atom stereocenters. The van der Waals surface area contributed by atoms with Crippen LogP contribution in [0.3, 0.4) is 0 Å². The van der Waals surface area contributed by atoms with Crippen LogP contribution in [0.15, 0.2) is 30.3 Å². The van der Waals surface area contributed by atoms with Crippen molar-refractivity contribution in [3.63, 3.8) is 0 Å². The molecule has 0 saturated carbocycles. The lowest BCUT2D eigenvalue weighted by molar-refractivity contribution is 0.0693. The summed E-state index contributed by atoms with van der Waals surface area (Å²) in [4.78, 5) is 15.7. The molecule has 0 saturated heterocycles. The van der Waals surface area contributed by atoms with Crippen LogP contribution in [0, 0.1) is 6.92 Å². The lowest BCUT2D eigenvalue weighted by Gasteiger charge is -2.10. The number of fused-ring (bicyclic) bond motifs is 1. The molecule has 4 heteroatoms. The Morgan fingerprint density at radius 2 is 2.00 bits per heavy atom. The molecule has 1 aliphatic rings. The molecule has 0 spiro atoms. The van der Waals surface area contributed by atoms with Crippen molar-refractivity contribution >= 4 is 5.97 Å². The van der Waals surface area contributed by atoms with Crippen LogP contribution in [0.25, 0.3) is 0 Å². The van der Waals surface area contributed by atoms with Crippen LogP contribution in [0.1, 0.15) is 33.6 Å². The summed E-state index contributed by atoms with van der Waals surface area (Å²) in [6.45, 7) is 1.99. The van der Waals surface area contributed by atoms with Crippen LogP contribution in [0.4, 0.5) is 0 Å². The third-order valence-corrected chi connectivity index (χ3v) is 3.48. The maximum atomic E-state index is 11.3. The smallest absolute Gasteiger partial charge is 0.341 e. The molecule has 102 valence electrons. The predicted molar refractivity (Wildman–Crippen MR) is 74.5 cm³/mol. The molecule has 0 amide bonds. The number of carboxylic acid groups (broad SMARTS) is 1. The fourth-order valence-electron chi connectivity index (χ4n) is 2.40. The lowest BCUT2D eigenvalue weighted by atomic mass is 10.1. The van der Waals surface area contributed by atoms with Crippen LogP contribution >= 0.6 is 0 Å². The molecule has 1 aromatic heterocycles. The van der Waals surface area contributed by atoms with Crippen molar-refractivity contribution in [2.45, 2.75) is 26.2 Å². The van der Waals surface area contributed by atoms with E-state index in [0.717, 1.165) is 36.1 Å². The zero-order valence-corrected chi connectivity index (χ0v) is 11.2. The van der Waals surface area contributed by atoms with Crippen molar-refractivity contribution < 1.29 is 14.6 Å². The van der Waals surface area contributed by atoms with Crippen LogP contribution in [0.2, 0.25) is 0 Å². The summed E-state index contributed by atoms with van der Waals surface area (Å²) in [6, 6.07) is 9.17. The predicted octanol–water partition coefficient (Wildman–Crippen LogP) is 3.37. The van der Waals surface area contributed by atoms with E-state index in [1.807, 2.05) is 31.2 Å². The number of aromatic carboxylic acids is 1. The van der Waals surface area contributed by atoms with Gasteiger partial charge in [0.05, 0.1) is 0 Å². The average Bonchev–Trinajstić information content (AvgIpc) is 2.87. The molecule has 1 aromatic carbocycles. The van der Waals surface area contributed by atoms with E-state index < -0.39 is 5.97 Å². The SMILES string of the molecule is Cc1ccc(Oc2nc3c(cc2C(=O)O)CCC3)cc1. The Morgan fingerprint density at radius 3 is 2.70 bits per heavy atom. The Labute approximate surface area is 117 Å². The highest BCUT2D eigenvalue weighted by molar-refractivity contribution is 5.90. The molecule has 0 radical (unpaired) electrons. The lowest BCUT2D eigenvalue weighted by Crippen LogP contribution is -2.05. The summed E-state index contributed by atoms with van der Waals surface area (Å²) < 4.78 is 5.66. The maximum Gasteiger partial charge on any atom is 0.341 e. The van der Waals surface area contributed by atoms with E-state index in [-0.39, 0.29) is 11.4 Å². The van der Waals surface area contributed by atoms with Crippen LogP contribution in [-0.2, 0) is 12.8 Å². The van der Waals surface area contributed by atoms with Gasteiger partial charge in [-0.05, 0) is 49.9 Å². The molecule has 0 fully saturated rings. The fraction of sp³-hybridized carbons (Fsp3) is 0.250. The van der Waals surface area contributed by atoms with Gasteiger partial charge in [0.2, 0.25) is 5.88 Å². The van der Waals surface area contributed by atoms with Crippen LogP contribution in [0.5, 0.6) is 11.6 Å². The summed E-state index contributed by atoms with van der Waals surface area (Å²) in [5, 5.41) is 9.30. The minimum atomic E-state index is -1.01. The van der Waals surface area contributed by atoms with Gasteiger partial charge >= 0.3 is 5.97 Å². The second-order valence-corrected chi connectivity index (χ2v) is 5.02. The molecule has 0 bridgehead atoms. The van der Waals surface area contributed by atoms with E-state index in [1.54, 1.807) is 6.07 Å². The quantitative estimate of drug-likeness (QED) is 0.928. The first-order valence-corrected chi connectivity index (χ1v) is 6.64. The number of carboxylic acids is 1. The topological polar surface area (TPSA) is 59.4 Å². The summed E-state index contributed by atoms with van der Waals surface area (Å²) in [5.41, 5.74) is 3.24. The highest BCUT2D eigenvalue weighted by atomic mass is 16.5. The monoisotopic (exact) mass is 269 g/mol. The molecule has 1 aliphatic carbocycles. The van der Waals surface area contributed by atoms with E-state index in [2.05, 4.69) is 4.98 Å². The standard InChI is InChI=1S/C16H15NO3/c1-10-5-7-12(8-6-10)20-15-13(16(18)19)9-11-3-2-4-14(11)17-15/h5-9H,2-4H2,1H3,(H,18,19). The molecular weight excluding hydrogens is 254 g/mol. The third kappa shape index (κ3) is 2.37. The summed E-state index contributed by atoms with van der Waals surface area (Å²) in [5.74, 6) is -0.222. The van der Waals surface area contributed by atoms with Crippen molar-refractivity contribution in [3.05, 3.63) is 52.7 Å². The number of aryl methyl sites for hydroxylation is 3. The van der Waals surface area contributed by atoms with Crippen molar-refractivity contribution in [2.75, 3.05) is 0 Å². The van der Waals surface area contributed by atoms with Crippen molar-refractivity contribution in [1.29, 1.82) is 0 Å². The largest absolute Gasteiger partial charge is 0.477 e. The second kappa shape index (κ2) is 4.96. The Hall–Kier alpha value is -2.36. The first kappa shape index (κ1) is 12.7. The number of carbonyl (C=O) groups is 1. The molecule has 20 heavy (non-hydrogen) atoms. The summed E-state index contributed by atoms with van der Waals surface area (Å²) >= 11 is 0. The van der Waals surface area contributed by atoms with Crippen LogP contribution in [-0.4, -0.2) is 16.1 Å². The first-order valence-electron chi connectivity index (χ1n) is 6.64. The number of hydrogen-bond acceptors (Lipinski definition) is 3. The Balaban J connectivity index is 1.99. The zero-order valence-electron chi connectivity index (χ0n) is 11.2. The van der Waals surface area contributed by atoms with E-state index in [0.29, 0.717) is 5.75 Å². The number of rotatable bonds is 3. The van der Waals surface area contributed by atoms with Gasteiger partial charge in [0.1, 0.15) is 11.3 Å². The highest BCUT2D eigenvalue weighted by Crippen LogP contribution is 2.29. The summed E-state index contributed by atoms with van der Waals surface area (Å²) in [6.07, 6.45) is 2.81. The number of aromatic nitrogens is 1. The minimum absolute atomic E-state index is 0.131. The molecule has 0 unspecified atom stereocenters. The van der Waals surface area contributed by atoms with Gasteiger partial charge in [0.25, 0.3) is 0 Å². The molecule has 2 aromatic rings. The number of nitrogens with zero attached hydrogens (tertiary/aromatic N) is 1. The zero-order chi connectivity index (χ0) is 14.1. The van der Waals surface area contributed by atoms with Crippen molar-refractivity contribution in [2.24, 2.45) is 0 Å². The van der Waals surface area contributed by atoms with E-state index in [1.165, 1.54) is 0 Å². The molecule has 1 heterocycles. The van der Waals surface area contributed by atoms with Gasteiger partial charge < -0.3 is 9.84 Å². The normalized spacial score (nSPS) is 13.1. The van der Waals surface area contributed by atoms with E-state index in [9.17, 15) is 9.90 Å². The van der Waals surface area contributed by atoms with Gasteiger partial charge in [-0.2, -0.15) is 0 Å². The fourth-order valence-corrected chi connectivity index (χ4v) is 2.40. The van der Waals surface area contributed by atoms with Gasteiger partial charge in [-0.3, -0.25) is 0 Å². The highest BCUT2D eigenvalue weighted by Gasteiger charge is 2.21. The molecule has 1 N–H and O–H groups in total. The van der Waals surface area contributed by atoms with Gasteiger partial charge in [-0.25, -0.2) is 9.78 Å². The number of hydrogen-bond donors (Lipinski definition) is 1. The maximum absolute atomic E-state index is 11.3. The number of pyridine rings is 1. The molecule has 3 rings (SSSR count). The van der Waals surface area contributed by atoms with Gasteiger partial charge in [-0.15, -0.1) is 0 Å². The second-order valence-electron chi connectivity index (χ2n) is 5.02. The number of benzene rings is 1. The van der Waals surface area contributed by atoms with Crippen molar-refractivity contribution in [1.82, 2.24) is 4.98 Å². The van der Waals surface area contributed by atoms with E-state index >= 15 is 0 Å². The molecule has 4 nitrogen and oxygen atoms in total. The Kier molecular flexibility index (Phi) is 3.14. The Bertz CT molecular complexity index is 662. The average molecular weight is 269 g/mol. The van der Waals surface area contributed by atoms with Gasteiger partial charge in [-0.1, -0.05) is 17.7 Å². The van der Waals surface area contributed by atoms with Gasteiger partial charge in [0.15, 0.2) is 0 Å². The van der Waals surface area contributed by atoms with E-state index in [4.69, 9.17) is 4.74 Å². The van der Waals surface area contributed by atoms with Crippen LogP contribution < -0.4 is 4.74 Å². The molecule has 0 aliphatic heterocycles. The minimum Gasteiger partial charge on any atom is -0.477 e. The van der Waals surface area contributed by atoms with Crippen molar-refractivity contribution in [3.8, 4) is 11.6 Å². The summed E-state index contributed by atoms with van der Waals surface area (Å²) in [7, 11) is 0. The third-order valence-electron chi connectivity index (χ3n) is 3.48. The number of ether oxygens (including phenoxy) is 1. The first-order chi connectivity index (χ1) is 9.63. The molecular formula is C16H15NO3. The van der Waals surface area contributed by atoms with Gasteiger partial charge in [0, 0.05) is 5.69 Å². The Morgan fingerprint density at radius 1 is 1.25 bits per heavy atom.